The van der Waals surface area contributed by atoms with E-state index >= 15 is 0 Å². The molecule has 2 aromatic rings. The lowest BCUT2D eigenvalue weighted by Crippen LogP contribution is -2.00. The van der Waals surface area contributed by atoms with Crippen molar-refractivity contribution in [3.8, 4) is 6.07 Å². The van der Waals surface area contributed by atoms with Crippen LogP contribution in [0.1, 0.15) is 29.5 Å². The van der Waals surface area contributed by atoms with Gasteiger partial charge in [0.25, 0.3) is 0 Å². The highest BCUT2D eigenvalue weighted by Gasteiger charge is 2.11. The summed E-state index contributed by atoms with van der Waals surface area (Å²) in [6, 6.07) is 18.9. The number of hydrogen-bond donors (Lipinski definition) is 0. The maximum atomic E-state index is 9.37. The monoisotopic (exact) mass is 313 g/mol. The fourth-order valence-electron chi connectivity index (χ4n) is 2.12. The lowest BCUT2D eigenvalue weighted by atomic mass is 9.92. The molecule has 0 N–H and O–H groups in total. The van der Waals surface area contributed by atoms with Gasteiger partial charge in [-0.1, -0.05) is 59.3 Å². The van der Waals surface area contributed by atoms with Crippen molar-refractivity contribution in [3.05, 3.63) is 69.7 Å². The summed E-state index contributed by atoms with van der Waals surface area (Å²) in [6.45, 7) is 2.14. The minimum atomic E-state index is -0.0831. The summed E-state index contributed by atoms with van der Waals surface area (Å²) in [6.07, 6.45) is 1.78. The second kappa shape index (κ2) is 6.54. The largest absolute Gasteiger partial charge is 0.198 e. The van der Waals surface area contributed by atoms with E-state index in [4.69, 9.17) is 0 Å². The summed E-state index contributed by atoms with van der Waals surface area (Å²) < 4.78 is 1.06. The molecule has 2 rings (SSSR count). The summed E-state index contributed by atoms with van der Waals surface area (Å²) >= 11 is 3.47. The Bertz CT molecular complexity index is 581. The van der Waals surface area contributed by atoms with E-state index in [1.165, 1.54) is 11.1 Å². The van der Waals surface area contributed by atoms with Gasteiger partial charge >= 0.3 is 0 Å². The average Bonchev–Trinajstić information content (AvgIpc) is 2.45. The van der Waals surface area contributed by atoms with E-state index in [0.29, 0.717) is 0 Å². The molecule has 0 aliphatic heterocycles. The Labute approximate surface area is 123 Å². The van der Waals surface area contributed by atoms with E-state index in [2.05, 4.69) is 65.3 Å². The molecule has 0 spiro atoms. The number of nitrogens with zero attached hydrogens (tertiary/aromatic N) is 1. The zero-order valence-electron chi connectivity index (χ0n) is 10.9. The van der Waals surface area contributed by atoms with Crippen molar-refractivity contribution < 1.29 is 0 Å². The van der Waals surface area contributed by atoms with Crippen LogP contribution in [0, 0.1) is 11.3 Å². The predicted octanol–water partition coefficient (Wildman–Crippen LogP) is 4.86. The molecule has 2 heteroatoms. The third kappa shape index (κ3) is 3.68. The summed E-state index contributed by atoms with van der Waals surface area (Å²) in [5.74, 6) is -0.0831. The molecule has 0 radical (unpaired) electrons. The van der Waals surface area contributed by atoms with Gasteiger partial charge in [0.2, 0.25) is 0 Å². The van der Waals surface area contributed by atoms with Gasteiger partial charge in [-0.3, -0.25) is 0 Å². The van der Waals surface area contributed by atoms with Gasteiger partial charge in [0.15, 0.2) is 0 Å². The van der Waals surface area contributed by atoms with Crippen LogP contribution in [0.5, 0.6) is 0 Å². The molecule has 1 nitrogen and oxygen atoms in total. The maximum absolute atomic E-state index is 9.37. The van der Waals surface area contributed by atoms with Gasteiger partial charge in [0, 0.05) is 4.47 Å². The molecule has 0 aliphatic rings. The quantitative estimate of drug-likeness (QED) is 0.790. The minimum Gasteiger partial charge on any atom is -0.198 e. The van der Waals surface area contributed by atoms with Gasteiger partial charge in [-0.2, -0.15) is 5.26 Å². The van der Waals surface area contributed by atoms with Crippen molar-refractivity contribution >= 4 is 15.9 Å². The summed E-state index contributed by atoms with van der Waals surface area (Å²) in [7, 11) is 0. The third-order valence-electron chi connectivity index (χ3n) is 3.28. The molecule has 0 aliphatic carbocycles. The number of aryl methyl sites for hydroxylation is 1. The standard InChI is InChI=1S/C17H16BrN/c1-2-13-6-8-15(9-7-13)16(12-19)10-14-4-3-5-17(18)11-14/h3-9,11,16H,2,10H2,1H3. The smallest absolute Gasteiger partial charge is 0.0753 e. The first-order valence-electron chi connectivity index (χ1n) is 6.46. The van der Waals surface area contributed by atoms with Crippen LogP contribution in [0.2, 0.25) is 0 Å². The zero-order valence-corrected chi connectivity index (χ0v) is 12.5. The van der Waals surface area contributed by atoms with Crippen molar-refractivity contribution in [3.63, 3.8) is 0 Å². The van der Waals surface area contributed by atoms with Gasteiger partial charge in [-0.05, 0) is 41.7 Å². The van der Waals surface area contributed by atoms with E-state index in [-0.39, 0.29) is 5.92 Å². The molecule has 1 unspecified atom stereocenters. The van der Waals surface area contributed by atoms with Gasteiger partial charge < -0.3 is 0 Å². The van der Waals surface area contributed by atoms with Gasteiger partial charge in [0.05, 0.1) is 12.0 Å². The molecule has 0 fully saturated rings. The number of nitriles is 1. The van der Waals surface area contributed by atoms with E-state index in [0.717, 1.165) is 22.9 Å². The molecule has 19 heavy (non-hydrogen) atoms. The third-order valence-corrected chi connectivity index (χ3v) is 3.77. The molecule has 0 aromatic heterocycles. The van der Waals surface area contributed by atoms with Gasteiger partial charge in [0.1, 0.15) is 0 Å². The van der Waals surface area contributed by atoms with Crippen LogP contribution in [-0.4, -0.2) is 0 Å². The van der Waals surface area contributed by atoms with Crippen LogP contribution in [0.25, 0.3) is 0 Å². The van der Waals surface area contributed by atoms with E-state index in [1.807, 2.05) is 12.1 Å². The molecule has 96 valence electrons. The zero-order chi connectivity index (χ0) is 13.7. The fraction of sp³-hybridized carbons (Fsp3) is 0.235. The van der Waals surface area contributed by atoms with Gasteiger partial charge in [-0.25, -0.2) is 0 Å². The molecular formula is C17H16BrN. The Kier molecular flexibility index (Phi) is 4.76. The first-order valence-corrected chi connectivity index (χ1v) is 7.25. The van der Waals surface area contributed by atoms with Crippen molar-refractivity contribution in [1.29, 1.82) is 5.26 Å². The second-order valence-corrected chi connectivity index (χ2v) is 5.53. The van der Waals surface area contributed by atoms with Crippen LogP contribution >= 0.6 is 15.9 Å². The van der Waals surface area contributed by atoms with Crippen LogP contribution < -0.4 is 0 Å². The topological polar surface area (TPSA) is 23.8 Å². The van der Waals surface area contributed by atoms with Crippen molar-refractivity contribution in [2.24, 2.45) is 0 Å². The maximum Gasteiger partial charge on any atom is 0.0753 e. The van der Waals surface area contributed by atoms with Crippen molar-refractivity contribution in [2.75, 3.05) is 0 Å². The summed E-state index contributed by atoms with van der Waals surface area (Å²) in [5, 5.41) is 9.37. The van der Waals surface area contributed by atoms with Crippen LogP contribution in [0.3, 0.4) is 0 Å². The molecular weight excluding hydrogens is 298 g/mol. The number of benzene rings is 2. The second-order valence-electron chi connectivity index (χ2n) is 4.61. The van der Waals surface area contributed by atoms with Crippen molar-refractivity contribution in [1.82, 2.24) is 0 Å². The molecule has 0 bridgehead atoms. The highest BCUT2D eigenvalue weighted by atomic mass is 79.9. The average molecular weight is 314 g/mol. The SMILES string of the molecule is CCc1ccc(C(C#N)Cc2cccc(Br)c2)cc1. The molecule has 0 saturated heterocycles. The Morgan fingerprint density at radius 2 is 1.84 bits per heavy atom. The number of halogens is 1. The Morgan fingerprint density at radius 1 is 1.11 bits per heavy atom. The van der Waals surface area contributed by atoms with Crippen LogP contribution in [-0.2, 0) is 12.8 Å². The first-order chi connectivity index (χ1) is 9.22. The molecule has 0 amide bonds. The highest BCUT2D eigenvalue weighted by molar-refractivity contribution is 9.10. The van der Waals surface area contributed by atoms with E-state index < -0.39 is 0 Å². The van der Waals surface area contributed by atoms with Crippen LogP contribution in [0.15, 0.2) is 53.0 Å². The lowest BCUT2D eigenvalue weighted by molar-refractivity contribution is 0.847. The highest BCUT2D eigenvalue weighted by Crippen LogP contribution is 2.22. The Hall–Kier alpha value is -1.59. The minimum absolute atomic E-state index is 0.0831. The first kappa shape index (κ1) is 13.8. The summed E-state index contributed by atoms with van der Waals surface area (Å²) in [5.41, 5.74) is 3.59. The normalized spacial score (nSPS) is 11.8. The molecule has 0 heterocycles. The number of rotatable bonds is 4. The summed E-state index contributed by atoms with van der Waals surface area (Å²) in [4.78, 5) is 0. The molecule has 2 aromatic carbocycles. The fourth-order valence-corrected chi connectivity index (χ4v) is 2.57. The van der Waals surface area contributed by atoms with Gasteiger partial charge in [-0.15, -0.1) is 0 Å². The van der Waals surface area contributed by atoms with E-state index in [9.17, 15) is 5.26 Å². The Morgan fingerprint density at radius 3 is 2.42 bits per heavy atom. The molecule has 1 atom stereocenters. The van der Waals surface area contributed by atoms with E-state index in [1.54, 1.807) is 0 Å². The predicted molar refractivity (Wildman–Crippen MR) is 82.0 cm³/mol. The van der Waals surface area contributed by atoms with Crippen molar-refractivity contribution in [2.45, 2.75) is 25.7 Å². The lowest BCUT2D eigenvalue weighted by Gasteiger charge is -2.10. The Balaban J connectivity index is 2.18. The number of hydrogen-bond acceptors (Lipinski definition) is 1. The van der Waals surface area contributed by atoms with Crippen LogP contribution in [0.4, 0.5) is 0 Å². The molecule has 0 saturated carbocycles.